The van der Waals surface area contributed by atoms with Gasteiger partial charge in [0, 0.05) is 6.20 Å². The fourth-order valence-corrected chi connectivity index (χ4v) is 1.18. The van der Waals surface area contributed by atoms with E-state index < -0.39 is 17.8 Å². The molecule has 2 rings (SSSR count). The van der Waals surface area contributed by atoms with Gasteiger partial charge in [0.15, 0.2) is 0 Å². The molecule has 0 unspecified atom stereocenters. The van der Waals surface area contributed by atoms with Gasteiger partial charge in [-0.2, -0.15) is 8.78 Å². The first-order valence-corrected chi connectivity index (χ1v) is 4.70. The van der Waals surface area contributed by atoms with Crippen LogP contribution in [-0.2, 0) is 0 Å². The Kier molecular flexibility index (Phi) is 3.04. The molecule has 0 bridgehead atoms. The minimum Gasteiger partial charge on any atom is -0.306 e. The standard InChI is InChI=1S/C11H7F2N3O/c12-8-5-4-7(6-14-8)11(17)16-10-3-1-2-9(13)15-10/h1-6H,(H,15,16,17). The number of anilines is 1. The molecule has 86 valence electrons. The second-order valence-corrected chi connectivity index (χ2v) is 3.17. The van der Waals surface area contributed by atoms with Crippen LogP contribution in [0.3, 0.4) is 0 Å². The molecule has 0 saturated carbocycles. The summed E-state index contributed by atoms with van der Waals surface area (Å²) in [4.78, 5) is 18.4. The molecule has 1 N–H and O–H groups in total. The van der Waals surface area contributed by atoms with E-state index in [0.717, 1.165) is 18.3 Å². The number of pyridine rings is 2. The second-order valence-electron chi connectivity index (χ2n) is 3.17. The third kappa shape index (κ3) is 2.81. The number of carbonyl (C=O) groups excluding carboxylic acids is 1. The molecule has 6 heteroatoms. The lowest BCUT2D eigenvalue weighted by molar-refractivity contribution is 0.102. The van der Waals surface area contributed by atoms with Gasteiger partial charge < -0.3 is 5.32 Å². The number of hydrogen-bond donors (Lipinski definition) is 1. The van der Waals surface area contributed by atoms with Crippen LogP contribution in [0.4, 0.5) is 14.6 Å². The van der Waals surface area contributed by atoms with Crippen molar-refractivity contribution in [2.24, 2.45) is 0 Å². The molecule has 2 heterocycles. The summed E-state index contributed by atoms with van der Waals surface area (Å²) < 4.78 is 25.3. The van der Waals surface area contributed by atoms with E-state index in [4.69, 9.17) is 0 Å². The van der Waals surface area contributed by atoms with E-state index in [-0.39, 0.29) is 11.4 Å². The molecular formula is C11H7F2N3O. The molecule has 0 aliphatic carbocycles. The van der Waals surface area contributed by atoms with Gasteiger partial charge in [-0.3, -0.25) is 4.79 Å². The SMILES string of the molecule is O=C(Nc1cccc(F)n1)c1ccc(F)nc1. The van der Waals surface area contributed by atoms with Crippen LogP contribution >= 0.6 is 0 Å². The Morgan fingerprint density at radius 3 is 2.59 bits per heavy atom. The quantitative estimate of drug-likeness (QED) is 0.810. The lowest BCUT2D eigenvalue weighted by Crippen LogP contribution is -2.13. The monoisotopic (exact) mass is 235 g/mol. The number of amides is 1. The topological polar surface area (TPSA) is 54.9 Å². The maximum Gasteiger partial charge on any atom is 0.258 e. The molecule has 2 aromatic rings. The summed E-state index contributed by atoms with van der Waals surface area (Å²) in [7, 11) is 0. The highest BCUT2D eigenvalue weighted by atomic mass is 19.1. The summed E-state index contributed by atoms with van der Waals surface area (Å²) in [6, 6.07) is 6.36. The van der Waals surface area contributed by atoms with Crippen molar-refractivity contribution in [3.8, 4) is 0 Å². The van der Waals surface area contributed by atoms with Crippen molar-refractivity contribution in [2.75, 3.05) is 5.32 Å². The zero-order valence-electron chi connectivity index (χ0n) is 8.52. The van der Waals surface area contributed by atoms with Gasteiger partial charge >= 0.3 is 0 Å². The van der Waals surface area contributed by atoms with Gasteiger partial charge in [0.1, 0.15) is 5.82 Å². The van der Waals surface area contributed by atoms with E-state index in [1.807, 2.05) is 0 Å². The van der Waals surface area contributed by atoms with Crippen molar-refractivity contribution in [3.05, 3.63) is 54.0 Å². The fraction of sp³-hybridized carbons (Fsp3) is 0. The molecule has 0 aliphatic rings. The number of nitrogens with one attached hydrogen (secondary N) is 1. The molecule has 0 fully saturated rings. The predicted molar refractivity (Wildman–Crippen MR) is 56.3 cm³/mol. The van der Waals surface area contributed by atoms with Crippen molar-refractivity contribution in [1.82, 2.24) is 9.97 Å². The van der Waals surface area contributed by atoms with Crippen LogP contribution in [0.1, 0.15) is 10.4 Å². The normalized spacial score (nSPS) is 10.0. The van der Waals surface area contributed by atoms with Crippen LogP contribution < -0.4 is 5.32 Å². The molecule has 0 aliphatic heterocycles. The number of halogens is 2. The van der Waals surface area contributed by atoms with E-state index in [1.165, 1.54) is 18.2 Å². The van der Waals surface area contributed by atoms with Crippen molar-refractivity contribution in [1.29, 1.82) is 0 Å². The van der Waals surface area contributed by atoms with Crippen LogP contribution in [0.15, 0.2) is 36.5 Å². The number of hydrogen-bond acceptors (Lipinski definition) is 3. The molecule has 2 aromatic heterocycles. The van der Waals surface area contributed by atoms with Gasteiger partial charge in [0.2, 0.25) is 11.9 Å². The molecule has 0 spiro atoms. The molecule has 4 nitrogen and oxygen atoms in total. The Hall–Kier alpha value is -2.37. The van der Waals surface area contributed by atoms with E-state index >= 15 is 0 Å². The third-order valence-corrected chi connectivity index (χ3v) is 1.95. The first kappa shape index (κ1) is 11.1. The van der Waals surface area contributed by atoms with Gasteiger partial charge in [-0.25, -0.2) is 9.97 Å². The Bertz CT molecular complexity index is 543. The van der Waals surface area contributed by atoms with E-state index in [2.05, 4.69) is 15.3 Å². The first-order valence-electron chi connectivity index (χ1n) is 4.70. The Balaban J connectivity index is 2.14. The summed E-state index contributed by atoms with van der Waals surface area (Å²) >= 11 is 0. The summed E-state index contributed by atoms with van der Waals surface area (Å²) in [6.07, 6.45) is 1.09. The van der Waals surface area contributed by atoms with Gasteiger partial charge in [-0.05, 0) is 24.3 Å². The number of carbonyl (C=O) groups is 1. The molecule has 0 atom stereocenters. The third-order valence-electron chi connectivity index (χ3n) is 1.95. The van der Waals surface area contributed by atoms with Gasteiger partial charge in [0.05, 0.1) is 5.56 Å². The zero-order chi connectivity index (χ0) is 12.3. The molecule has 0 radical (unpaired) electrons. The average Bonchev–Trinajstić information content (AvgIpc) is 2.29. The summed E-state index contributed by atoms with van der Waals surface area (Å²) in [6.45, 7) is 0. The maximum atomic E-state index is 12.7. The second kappa shape index (κ2) is 4.65. The molecule has 0 aromatic carbocycles. The van der Waals surface area contributed by atoms with Crippen LogP contribution in [0.2, 0.25) is 0 Å². The van der Waals surface area contributed by atoms with Crippen LogP contribution in [-0.4, -0.2) is 15.9 Å². The van der Waals surface area contributed by atoms with Crippen molar-refractivity contribution in [2.45, 2.75) is 0 Å². The van der Waals surface area contributed by atoms with Gasteiger partial charge in [0.25, 0.3) is 5.91 Å². The fourth-order valence-electron chi connectivity index (χ4n) is 1.18. The number of nitrogens with zero attached hydrogens (tertiary/aromatic N) is 2. The van der Waals surface area contributed by atoms with Gasteiger partial charge in [-0.15, -0.1) is 0 Å². The number of rotatable bonds is 2. The molecule has 1 amide bonds. The highest BCUT2D eigenvalue weighted by Gasteiger charge is 2.07. The van der Waals surface area contributed by atoms with E-state index in [1.54, 1.807) is 0 Å². The highest BCUT2D eigenvalue weighted by molar-refractivity contribution is 6.03. The summed E-state index contributed by atoms with van der Waals surface area (Å²) in [5.41, 5.74) is 0.164. The molecule has 17 heavy (non-hydrogen) atoms. The number of aromatic nitrogens is 2. The Morgan fingerprint density at radius 1 is 1.12 bits per heavy atom. The zero-order valence-corrected chi connectivity index (χ0v) is 8.52. The predicted octanol–water partition coefficient (Wildman–Crippen LogP) is 2.01. The molecule has 0 saturated heterocycles. The minimum absolute atomic E-state index is 0.0827. The molecular weight excluding hydrogens is 228 g/mol. The largest absolute Gasteiger partial charge is 0.306 e. The van der Waals surface area contributed by atoms with Crippen LogP contribution in [0.5, 0.6) is 0 Å². The van der Waals surface area contributed by atoms with Crippen molar-refractivity contribution < 1.29 is 13.6 Å². The Labute approximate surface area is 95.3 Å². The van der Waals surface area contributed by atoms with Crippen molar-refractivity contribution >= 4 is 11.7 Å². The van der Waals surface area contributed by atoms with Gasteiger partial charge in [-0.1, -0.05) is 6.07 Å². The van der Waals surface area contributed by atoms with E-state index in [0.29, 0.717) is 0 Å². The van der Waals surface area contributed by atoms with Crippen molar-refractivity contribution in [3.63, 3.8) is 0 Å². The van der Waals surface area contributed by atoms with Crippen LogP contribution in [0, 0.1) is 11.9 Å². The lowest BCUT2D eigenvalue weighted by Gasteiger charge is -2.03. The lowest BCUT2D eigenvalue weighted by atomic mass is 10.2. The maximum absolute atomic E-state index is 12.7. The van der Waals surface area contributed by atoms with E-state index in [9.17, 15) is 13.6 Å². The highest BCUT2D eigenvalue weighted by Crippen LogP contribution is 2.06. The first-order chi connectivity index (χ1) is 8.15. The van der Waals surface area contributed by atoms with Crippen LogP contribution in [0.25, 0.3) is 0 Å². The Morgan fingerprint density at radius 2 is 1.94 bits per heavy atom. The summed E-state index contributed by atoms with van der Waals surface area (Å²) in [5.74, 6) is -1.82. The smallest absolute Gasteiger partial charge is 0.258 e. The minimum atomic E-state index is -0.694. The average molecular weight is 235 g/mol. The summed E-state index contributed by atoms with van der Waals surface area (Å²) in [5, 5.41) is 2.37.